The van der Waals surface area contributed by atoms with Gasteiger partial charge < -0.3 is 23.4 Å². The van der Waals surface area contributed by atoms with Crippen molar-refractivity contribution in [1.82, 2.24) is 0 Å². The van der Waals surface area contributed by atoms with Crippen molar-refractivity contribution in [1.29, 1.82) is 0 Å². The SMILES string of the molecule is CCOP(=O)(OCC)C(=NOC(=O)COc1ccc(Cl)cc1)c1cccc(Oc2ccccc2)c1. The zero-order valence-corrected chi connectivity index (χ0v) is 20.9. The van der Waals surface area contributed by atoms with Gasteiger partial charge in [0, 0.05) is 10.6 Å². The number of benzene rings is 3. The highest BCUT2D eigenvalue weighted by atomic mass is 35.5. The Morgan fingerprint density at radius 1 is 0.857 bits per heavy atom. The average Bonchev–Trinajstić information content (AvgIpc) is 2.85. The Morgan fingerprint density at radius 3 is 2.17 bits per heavy atom. The van der Waals surface area contributed by atoms with E-state index in [4.69, 9.17) is 35.0 Å². The first kappa shape index (κ1) is 26.4. The van der Waals surface area contributed by atoms with E-state index in [9.17, 15) is 9.36 Å². The molecule has 0 bridgehead atoms. The van der Waals surface area contributed by atoms with Crippen LogP contribution in [0.1, 0.15) is 19.4 Å². The number of nitrogens with zero attached hydrogens (tertiary/aromatic N) is 1. The summed E-state index contributed by atoms with van der Waals surface area (Å²) in [6, 6.07) is 22.3. The minimum atomic E-state index is -3.93. The molecule has 35 heavy (non-hydrogen) atoms. The van der Waals surface area contributed by atoms with Gasteiger partial charge in [0.15, 0.2) is 12.1 Å². The third-order valence-corrected chi connectivity index (χ3v) is 6.64. The normalized spacial score (nSPS) is 11.7. The predicted molar refractivity (Wildman–Crippen MR) is 133 cm³/mol. The maximum atomic E-state index is 13.6. The standard InChI is InChI=1S/C25H25ClNO7P/c1-3-31-35(29,32-4-2)25(27-34-24(28)18-30-21-15-13-20(26)14-16-21)19-9-8-12-23(17-19)33-22-10-6-5-7-11-22/h5-17H,3-4,18H2,1-2H3. The lowest BCUT2D eigenvalue weighted by atomic mass is 10.2. The lowest BCUT2D eigenvalue weighted by Crippen LogP contribution is -2.15. The van der Waals surface area contributed by atoms with Crippen molar-refractivity contribution in [3.05, 3.63) is 89.4 Å². The number of hydrogen-bond donors (Lipinski definition) is 0. The Labute approximate surface area is 208 Å². The van der Waals surface area contributed by atoms with E-state index in [1.165, 1.54) is 0 Å². The maximum absolute atomic E-state index is 13.6. The molecule has 3 rings (SSSR count). The molecule has 0 heterocycles. The fraction of sp³-hybridized carbons (Fsp3) is 0.200. The predicted octanol–water partition coefficient (Wildman–Crippen LogP) is 6.68. The Kier molecular flexibility index (Phi) is 9.87. The molecule has 0 saturated carbocycles. The van der Waals surface area contributed by atoms with Gasteiger partial charge in [0.05, 0.1) is 13.2 Å². The molecule has 184 valence electrons. The molecule has 0 aliphatic heterocycles. The van der Waals surface area contributed by atoms with Crippen molar-refractivity contribution in [3.8, 4) is 17.2 Å². The first-order chi connectivity index (χ1) is 16.9. The van der Waals surface area contributed by atoms with Gasteiger partial charge in [0.25, 0.3) is 0 Å². The molecular formula is C25H25ClNO7P. The smallest absolute Gasteiger partial charge is 0.383 e. The highest BCUT2D eigenvalue weighted by molar-refractivity contribution is 7.73. The number of oxime groups is 1. The number of halogens is 1. The number of ether oxygens (including phenoxy) is 2. The molecule has 0 atom stereocenters. The fourth-order valence-electron chi connectivity index (χ4n) is 2.88. The minimum absolute atomic E-state index is 0.0874. The molecule has 0 aromatic heterocycles. The molecule has 0 amide bonds. The molecular weight excluding hydrogens is 493 g/mol. The van der Waals surface area contributed by atoms with Crippen LogP contribution < -0.4 is 9.47 Å². The third kappa shape index (κ3) is 7.94. The molecule has 0 spiro atoms. The molecule has 0 radical (unpaired) electrons. The fourth-order valence-corrected chi connectivity index (χ4v) is 4.60. The highest BCUT2D eigenvalue weighted by Crippen LogP contribution is 2.52. The lowest BCUT2D eigenvalue weighted by molar-refractivity contribution is -0.145. The van der Waals surface area contributed by atoms with E-state index in [-0.39, 0.29) is 18.7 Å². The first-order valence-corrected chi connectivity index (χ1v) is 12.7. The van der Waals surface area contributed by atoms with Crippen LogP contribution in [0.4, 0.5) is 0 Å². The van der Waals surface area contributed by atoms with Crippen LogP contribution in [0.3, 0.4) is 0 Å². The summed E-state index contributed by atoms with van der Waals surface area (Å²) in [5.74, 6) is 0.689. The van der Waals surface area contributed by atoms with E-state index >= 15 is 0 Å². The Bertz CT molecular complexity index is 1180. The maximum Gasteiger partial charge on any atom is 0.383 e. The van der Waals surface area contributed by atoms with Crippen molar-refractivity contribution < 1.29 is 32.7 Å². The molecule has 0 saturated heterocycles. The van der Waals surface area contributed by atoms with Crippen LogP contribution in [-0.4, -0.2) is 31.2 Å². The lowest BCUT2D eigenvalue weighted by Gasteiger charge is -2.19. The van der Waals surface area contributed by atoms with Crippen LogP contribution in [0.15, 0.2) is 84.0 Å². The van der Waals surface area contributed by atoms with Crippen LogP contribution in [0, 0.1) is 0 Å². The van der Waals surface area contributed by atoms with Gasteiger partial charge in [-0.1, -0.05) is 47.1 Å². The summed E-state index contributed by atoms with van der Waals surface area (Å²) in [6.45, 7) is 3.09. The Hall–Kier alpha value is -3.16. The highest BCUT2D eigenvalue weighted by Gasteiger charge is 2.34. The molecule has 0 aliphatic carbocycles. The number of carbonyl (C=O) groups excluding carboxylic acids is 1. The molecule has 0 unspecified atom stereocenters. The third-order valence-electron chi connectivity index (χ3n) is 4.33. The Balaban J connectivity index is 1.84. The van der Waals surface area contributed by atoms with E-state index in [0.717, 1.165) is 0 Å². The van der Waals surface area contributed by atoms with E-state index in [2.05, 4.69) is 5.16 Å². The number of para-hydroxylation sites is 1. The summed E-state index contributed by atoms with van der Waals surface area (Å²) in [5, 5.41) is 4.41. The van der Waals surface area contributed by atoms with Crippen molar-refractivity contribution in [2.24, 2.45) is 5.16 Å². The monoisotopic (exact) mass is 517 g/mol. The van der Waals surface area contributed by atoms with E-state index in [1.807, 2.05) is 18.2 Å². The molecule has 3 aromatic rings. The molecule has 3 aromatic carbocycles. The van der Waals surface area contributed by atoms with Gasteiger partial charge in [-0.3, -0.25) is 4.57 Å². The molecule has 0 N–H and O–H groups in total. The van der Waals surface area contributed by atoms with Crippen LogP contribution in [0.25, 0.3) is 0 Å². The van der Waals surface area contributed by atoms with E-state index in [1.54, 1.807) is 74.5 Å². The molecule has 10 heteroatoms. The van der Waals surface area contributed by atoms with E-state index < -0.39 is 20.2 Å². The summed E-state index contributed by atoms with van der Waals surface area (Å²) < 4.78 is 35.7. The van der Waals surface area contributed by atoms with Gasteiger partial charge in [-0.05, 0) is 62.4 Å². The van der Waals surface area contributed by atoms with Gasteiger partial charge in [0.1, 0.15) is 17.2 Å². The van der Waals surface area contributed by atoms with Crippen LogP contribution >= 0.6 is 19.2 Å². The summed E-state index contributed by atoms with van der Waals surface area (Å²) in [7, 11) is -3.93. The number of carbonyl (C=O) groups is 1. The van der Waals surface area contributed by atoms with Crippen LogP contribution in [0.5, 0.6) is 17.2 Å². The topological polar surface area (TPSA) is 92.7 Å². The van der Waals surface area contributed by atoms with Gasteiger partial charge in [-0.25, -0.2) is 4.79 Å². The van der Waals surface area contributed by atoms with Gasteiger partial charge in [-0.15, -0.1) is 0 Å². The van der Waals surface area contributed by atoms with Crippen LogP contribution in [-0.2, 0) is 23.2 Å². The zero-order valence-electron chi connectivity index (χ0n) is 19.3. The summed E-state index contributed by atoms with van der Waals surface area (Å²) in [5.41, 5.74) is 0.176. The molecule has 8 nitrogen and oxygen atoms in total. The van der Waals surface area contributed by atoms with Crippen molar-refractivity contribution in [2.45, 2.75) is 13.8 Å². The second-order valence-electron chi connectivity index (χ2n) is 6.90. The van der Waals surface area contributed by atoms with Gasteiger partial charge in [0.2, 0.25) is 0 Å². The number of rotatable bonds is 12. The van der Waals surface area contributed by atoms with Gasteiger partial charge in [-0.2, -0.15) is 0 Å². The van der Waals surface area contributed by atoms with Crippen molar-refractivity contribution in [3.63, 3.8) is 0 Å². The summed E-state index contributed by atoms with van der Waals surface area (Å²) in [4.78, 5) is 17.3. The second-order valence-corrected chi connectivity index (χ2v) is 9.27. The molecule has 0 fully saturated rings. The summed E-state index contributed by atoms with van der Waals surface area (Å²) in [6.07, 6.45) is 0. The zero-order chi connectivity index (χ0) is 25.1. The second kappa shape index (κ2) is 13.1. The first-order valence-electron chi connectivity index (χ1n) is 10.8. The van der Waals surface area contributed by atoms with E-state index in [0.29, 0.717) is 27.8 Å². The average molecular weight is 518 g/mol. The van der Waals surface area contributed by atoms with Crippen molar-refractivity contribution >= 4 is 30.6 Å². The largest absolute Gasteiger partial charge is 0.482 e. The number of hydrogen-bond acceptors (Lipinski definition) is 8. The quantitative estimate of drug-likeness (QED) is 0.114. The van der Waals surface area contributed by atoms with Crippen LogP contribution in [0.2, 0.25) is 5.02 Å². The minimum Gasteiger partial charge on any atom is -0.482 e. The van der Waals surface area contributed by atoms with Gasteiger partial charge >= 0.3 is 13.6 Å². The summed E-state index contributed by atoms with van der Waals surface area (Å²) >= 11 is 5.84. The Morgan fingerprint density at radius 2 is 1.51 bits per heavy atom. The molecule has 0 aliphatic rings. The van der Waals surface area contributed by atoms with Crippen molar-refractivity contribution in [2.75, 3.05) is 19.8 Å².